The van der Waals surface area contributed by atoms with Crippen molar-refractivity contribution in [3.8, 4) is 17.0 Å². The number of rotatable bonds is 2. The van der Waals surface area contributed by atoms with Crippen LogP contribution in [0.1, 0.15) is 17.2 Å². The van der Waals surface area contributed by atoms with Crippen LogP contribution in [0.2, 0.25) is 0 Å². The van der Waals surface area contributed by atoms with Crippen LogP contribution in [0.15, 0.2) is 42.7 Å². The fourth-order valence-electron chi connectivity index (χ4n) is 3.87. The maximum absolute atomic E-state index is 13.9. The number of hydrogen-bond acceptors (Lipinski definition) is 5. The number of phenols is 1. The molecule has 0 aliphatic heterocycles. The van der Waals surface area contributed by atoms with E-state index < -0.39 is 17.4 Å². The molecule has 2 aromatic heterocycles. The minimum atomic E-state index is -1.30. The van der Waals surface area contributed by atoms with Gasteiger partial charge in [0.2, 0.25) is 0 Å². The van der Waals surface area contributed by atoms with E-state index in [1.165, 1.54) is 17.5 Å². The molecule has 6 nitrogen and oxygen atoms in total. The summed E-state index contributed by atoms with van der Waals surface area (Å²) in [4.78, 5) is 8.36. The first-order chi connectivity index (χ1) is 13.5. The zero-order valence-corrected chi connectivity index (χ0v) is 15.8. The van der Waals surface area contributed by atoms with Crippen LogP contribution in [0.4, 0.5) is 14.6 Å². The lowest BCUT2D eigenvalue weighted by Gasteiger charge is -2.10. The number of halogens is 3. The summed E-state index contributed by atoms with van der Waals surface area (Å²) in [6.07, 6.45) is 2.91. The Kier molecular flexibility index (Phi) is 4.58. The monoisotopic (exact) mass is 415 g/mol. The number of anilines is 1. The second kappa shape index (κ2) is 6.97. The Bertz CT molecular complexity index is 1190. The molecule has 0 bridgehead atoms. The molecule has 1 aliphatic rings. The lowest BCUT2D eigenvalue weighted by atomic mass is 10.1. The third-order valence-corrected chi connectivity index (χ3v) is 5.18. The van der Waals surface area contributed by atoms with Crippen molar-refractivity contribution < 1.29 is 13.9 Å². The average Bonchev–Trinajstić information content (AvgIpc) is 3.27. The first kappa shape index (κ1) is 19.1. The second-order valence-electron chi connectivity index (χ2n) is 6.87. The first-order valence-electron chi connectivity index (χ1n) is 8.76. The summed E-state index contributed by atoms with van der Waals surface area (Å²) in [6, 6.07) is 10.3. The van der Waals surface area contributed by atoms with Gasteiger partial charge in [-0.1, -0.05) is 24.3 Å². The number of hydrogen-bond donors (Lipinski definition) is 2. The molecule has 0 fully saturated rings. The fourth-order valence-corrected chi connectivity index (χ4v) is 3.87. The molecule has 0 radical (unpaired) electrons. The van der Waals surface area contributed by atoms with Gasteiger partial charge in [0.05, 0.1) is 11.4 Å². The Labute approximate surface area is 170 Å². The predicted molar refractivity (Wildman–Crippen MR) is 107 cm³/mol. The van der Waals surface area contributed by atoms with Crippen LogP contribution in [0.25, 0.3) is 22.3 Å². The van der Waals surface area contributed by atoms with Crippen LogP contribution in [-0.4, -0.2) is 24.9 Å². The van der Waals surface area contributed by atoms with Crippen LogP contribution in [-0.2, 0) is 12.8 Å². The van der Waals surface area contributed by atoms with Crippen molar-refractivity contribution in [3.63, 3.8) is 0 Å². The van der Waals surface area contributed by atoms with E-state index in [4.69, 9.17) is 5.73 Å². The van der Waals surface area contributed by atoms with Crippen LogP contribution < -0.4 is 5.73 Å². The quantitative estimate of drug-likeness (QED) is 0.519. The van der Waals surface area contributed by atoms with Gasteiger partial charge in [-0.2, -0.15) is 9.49 Å². The van der Waals surface area contributed by atoms with E-state index in [9.17, 15) is 13.9 Å². The molecule has 148 valence electrons. The molecule has 4 aromatic rings. The van der Waals surface area contributed by atoms with Gasteiger partial charge in [0.25, 0.3) is 0 Å². The number of nitrogen functional groups attached to an aromatic ring is 1. The minimum Gasteiger partial charge on any atom is -0.505 e. The third kappa shape index (κ3) is 2.96. The lowest BCUT2D eigenvalue weighted by Crippen LogP contribution is -2.11. The highest BCUT2D eigenvalue weighted by Gasteiger charge is 2.28. The minimum absolute atomic E-state index is 0. The fraction of sp³-hybridized carbons (Fsp3) is 0.150. The van der Waals surface area contributed by atoms with Crippen molar-refractivity contribution in [1.29, 1.82) is 0 Å². The highest BCUT2D eigenvalue weighted by atomic mass is 35.5. The van der Waals surface area contributed by atoms with Gasteiger partial charge in [0.15, 0.2) is 23.0 Å². The largest absolute Gasteiger partial charge is 0.505 e. The number of phenolic OH excluding ortho intramolecular Hbond substituents is 1. The van der Waals surface area contributed by atoms with Gasteiger partial charge < -0.3 is 10.8 Å². The molecular formula is C20H16ClF2N5O. The van der Waals surface area contributed by atoms with Crippen molar-refractivity contribution in [1.82, 2.24) is 19.7 Å². The van der Waals surface area contributed by atoms with E-state index >= 15 is 0 Å². The van der Waals surface area contributed by atoms with Crippen molar-refractivity contribution in [2.24, 2.45) is 0 Å². The Morgan fingerprint density at radius 3 is 2.41 bits per heavy atom. The van der Waals surface area contributed by atoms with Crippen LogP contribution in [0.5, 0.6) is 5.75 Å². The molecule has 0 unspecified atom stereocenters. The molecule has 0 spiro atoms. The summed E-state index contributed by atoms with van der Waals surface area (Å²) in [5.74, 6) is -3.07. The molecule has 3 N–H and O–H groups in total. The topological polar surface area (TPSA) is 89.8 Å². The van der Waals surface area contributed by atoms with E-state index in [1.54, 1.807) is 4.68 Å². The Morgan fingerprint density at radius 2 is 1.76 bits per heavy atom. The van der Waals surface area contributed by atoms with Crippen molar-refractivity contribution >= 4 is 29.3 Å². The number of aromatic hydroxyl groups is 1. The number of nitrogens with two attached hydrogens (primary N) is 1. The highest BCUT2D eigenvalue weighted by molar-refractivity contribution is 5.98. The predicted octanol–water partition coefficient (Wildman–Crippen LogP) is 3.82. The molecule has 0 saturated heterocycles. The van der Waals surface area contributed by atoms with Gasteiger partial charge >= 0.3 is 0 Å². The van der Waals surface area contributed by atoms with Crippen molar-refractivity contribution in [2.45, 2.75) is 18.9 Å². The maximum atomic E-state index is 13.9. The SMILES string of the molecule is Cl.Nc1ncnc2c1c(-c1cc(O)c(F)c(F)c1)nn2C1Cc2ccccc2C1. The molecule has 9 heteroatoms. The lowest BCUT2D eigenvalue weighted by molar-refractivity contribution is 0.407. The first-order valence-corrected chi connectivity index (χ1v) is 8.76. The molecule has 2 aromatic carbocycles. The molecule has 0 amide bonds. The zero-order chi connectivity index (χ0) is 19.4. The number of aromatic nitrogens is 4. The van der Waals surface area contributed by atoms with Crippen LogP contribution in [0.3, 0.4) is 0 Å². The summed E-state index contributed by atoms with van der Waals surface area (Å²) in [5.41, 5.74) is 9.57. The van der Waals surface area contributed by atoms with Gasteiger partial charge in [-0.25, -0.2) is 19.0 Å². The van der Waals surface area contributed by atoms with E-state index in [1.807, 2.05) is 12.1 Å². The summed E-state index contributed by atoms with van der Waals surface area (Å²) in [6.45, 7) is 0. The maximum Gasteiger partial charge on any atom is 0.200 e. The van der Waals surface area contributed by atoms with Crippen LogP contribution in [0, 0.1) is 11.6 Å². The van der Waals surface area contributed by atoms with E-state index in [2.05, 4.69) is 27.2 Å². The van der Waals surface area contributed by atoms with Crippen molar-refractivity contribution in [3.05, 3.63) is 65.5 Å². The Balaban J connectivity index is 0.00000205. The number of benzene rings is 2. The van der Waals surface area contributed by atoms with Crippen molar-refractivity contribution in [2.75, 3.05) is 5.73 Å². The number of nitrogens with zero attached hydrogens (tertiary/aromatic N) is 4. The Morgan fingerprint density at radius 1 is 1.07 bits per heavy atom. The van der Waals surface area contributed by atoms with Gasteiger partial charge in [-0.15, -0.1) is 12.4 Å². The van der Waals surface area contributed by atoms with Gasteiger partial charge in [-0.3, -0.25) is 0 Å². The molecular weight excluding hydrogens is 400 g/mol. The Hall–Kier alpha value is -3.26. The standard InChI is InChI=1S/C20H15F2N5O.ClH/c21-14-7-12(8-15(28)17(14)22)18-16-19(23)24-9-25-20(16)27(26-18)13-5-10-3-1-2-4-11(10)6-13;/h1-4,7-9,13,28H,5-6H2,(H2,23,24,25);1H. The summed E-state index contributed by atoms with van der Waals surface area (Å²) < 4.78 is 29.2. The second-order valence-corrected chi connectivity index (χ2v) is 6.87. The van der Waals surface area contributed by atoms with E-state index in [0.29, 0.717) is 16.7 Å². The molecule has 0 atom stereocenters. The normalized spacial score (nSPS) is 13.4. The zero-order valence-electron chi connectivity index (χ0n) is 15.0. The molecule has 0 saturated carbocycles. The molecule has 2 heterocycles. The van der Waals surface area contributed by atoms with E-state index in [0.717, 1.165) is 25.0 Å². The molecule has 1 aliphatic carbocycles. The van der Waals surface area contributed by atoms with Gasteiger partial charge in [-0.05, 0) is 36.1 Å². The molecule has 5 rings (SSSR count). The smallest absolute Gasteiger partial charge is 0.200 e. The molecule has 29 heavy (non-hydrogen) atoms. The third-order valence-electron chi connectivity index (χ3n) is 5.18. The van der Waals surface area contributed by atoms with Gasteiger partial charge in [0, 0.05) is 5.56 Å². The van der Waals surface area contributed by atoms with E-state index in [-0.39, 0.29) is 29.8 Å². The average molecular weight is 416 g/mol. The number of fused-ring (bicyclic) bond motifs is 2. The van der Waals surface area contributed by atoms with Gasteiger partial charge in [0.1, 0.15) is 17.8 Å². The highest BCUT2D eigenvalue weighted by Crippen LogP contribution is 2.37. The summed E-state index contributed by atoms with van der Waals surface area (Å²) in [7, 11) is 0. The van der Waals surface area contributed by atoms with Crippen LogP contribution >= 0.6 is 12.4 Å². The summed E-state index contributed by atoms with van der Waals surface area (Å²) >= 11 is 0. The summed E-state index contributed by atoms with van der Waals surface area (Å²) in [5, 5.41) is 14.8.